The lowest BCUT2D eigenvalue weighted by atomic mass is 9.98. The van der Waals surface area contributed by atoms with E-state index in [1.165, 1.54) is 0 Å². The summed E-state index contributed by atoms with van der Waals surface area (Å²) in [5.74, 6) is 1.22. The van der Waals surface area contributed by atoms with Gasteiger partial charge in [-0.3, -0.25) is 0 Å². The first-order valence-electron chi connectivity index (χ1n) is 9.09. The lowest BCUT2D eigenvalue weighted by Gasteiger charge is -2.31. The molecule has 1 aliphatic rings. The van der Waals surface area contributed by atoms with Gasteiger partial charge in [0.25, 0.3) is 0 Å². The van der Waals surface area contributed by atoms with E-state index in [0.29, 0.717) is 49.5 Å². The fourth-order valence-corrected chi connectivity index (χ4v) is 4.39. The summed E-state index contributed by atoms with van der Waals surface area (Å²) in [6.45, 7) is 8.77. The Morgan fingerprint density at radius 2 is 1.77 bits per heavy atom. The summed E-state index contributed by atoms with van der Waals surface area (Å²) in [5.41, 5.74) is 0. The van der Waals surface area contributed by atoms with Crippen LogP contribution in [0.2, 0.25) is 0 Å². The molecule has 150 valence electrons. The van der Waals surface area contributed by atoms with Crippen LogP contribution in [0.1, 0.15) is 26.7 Å². The Hall–Kier alpha value is -0.860. The van der Waals surface area contributed by atoms with Crippen LogP contribution in [0.5, 0.6) is 5.75 Å². The van der Waals surface area contributed by atoms with Crippen LogP contribution >= 0.6 is 12.4 Å². The van der Waals surface area contributed by atoms with E-state index in [2.05, 4.69) is 12.2 Å². The Morgan fingerprint density at radius 3 is 2.35 bits per heavy atom. The van der Waals surface area contributed by atoms with Crippen LogP contribution in [-0.4, -0.2) is 58.7 Å². The molecule has 1 aromatic carbocycles. The second kappa shape index (κ2) is 11.8. The molecule has 2 rings (SSSR count). The highest BCUT2D eigenvalue weighted by Crippen LogP contribution is 2.24. The monoisotopic (exact) mass is 406 g/mol. The highest BCUT2D eigenvalue weighted by Gasteiger charge is 2.29. The molecule has 0 aromatic heterocycles. The lowest BCUT2D eigenvalue weighted by Crippen LogP contribution is -2.40. The smallest absolute Gasteiger partial charge is 0.243 e. The third-order valence-corrected chi connectivity index (χ3v) is 6.33. The summed E-state index contributed by atoms with van der Waals surface area (Å²) >= 11 is 0. The number of piperidine rings is 1. The van der Waals surface area contributed by atoms with E-state index in [1.807, 2.05) is 6.92 Å². The van der Waals surface area contributed by atoms with E-state index >= 15 is 0 Å². The normalized spacial score (nSPS) is 16.2. The molecule has 0 saturated carbocycles. The van der Waals surface area contributed by atoms with Gasteiger partial charge in [0, 0.05) is 19.7 Å². The molecule has 1 saturated heterocycles. The second-order valence-electron chi connectivity index (χ2n) is 6.17. The van der Waals surface area contributed by atoms with Crippen LogP contribution in [0.4, 0.5) is 0 Å². The molecule has 0 radical (unpaired) electrons. The minimum Gasteiger partial charge on any atom is -0.491 e. The fourth-order valence-electron chi connectivity index (χ4n) is 2.92. The molecule has 6 nitrogen and oxygen atoms in total. The zero-order chi connectivity index (χ0) is 18.1. The summed E-state index contributed by atoms with van der Waals surface area (Å²) in [4.78, 5) is 0.329. The van der Waals surface area contributed by atoms with Gasteiger partial charge in [-0.2, -0.15) is 4.31 Å². The minimum atomic E-state index is -3.42. The molecule has 0 amide bonds. The van der Waals surface area contributed by atoms with E-state index < -0.39 is 10.0 Å². The van der Waals surface area contributed by atoms with Gasteiger partial charge in [0.15, 0.2) is 0 Å². The Balaban J connectivity index is 0.00000338. The van der Waals surface area contributed by atoms with Gasteiger partial charge < -0.3 is 14.8 Å². The Bertz CT molecular complexity index is 602. The molecule has 26 heavy (non-hydrogen) atoms. The number of nitrogens with one attached hydrogen (secondary N) is 1. The number of rotatable bonds is 10. The van der Waals surface area contributed by atoms with Crippen LogP contribution in [0, 0.1) is 5.92 Å². The van der Waals surface area contributed by atoms with Crippen LogP contribution in [0.3, 0.4) is 0 Å². The predicted octanol–water partition coefficient (Wildman–Crippen LogP) is 2.53. The summed E-state index contributed by atoms with van der Waals surface area (Å²) in [5, 5.41) is 3.34. The molecule has 1 heterocycles. The third kappa shape index (κ3) is 6.70. The molecule has 0 unspecified atom stereocenters. The molecule has 1 N–H and O–H groups in total. The van der Waals surface area contributed by atoms with Crippen LogP contribution in [0.15, 0.2) is 29.2 Å². The molecule has 0 spiro atoms. The average molecular weight is 407 g/mol. The van der Waals surface area contributed by atoms with Crippen molar-refractivity contribution < 1.29 is 17.9 Å². The maximum absolute atomic E-state index is 12.8. The number of hydrogen-bond donors (Lipinski definition) is 1. The van der Waals surface area contributed by atoms with Gasteiger partial charge in [-0.1, -0.05) is 6.92 Å². The summed E-state index contributed by atoms with van der Waals surface area (Å²) in [6.07, 6.45) is 1.82. The van der Waals surface area contributed by atoms with Gasteiger partial charge >= 0.3 is 0 Å². The molecule has 8 heteroatoms. The third-order valence-electron chi connectivity index (χ3n) is 4.42. The molecule has 0 aliphatic carbocycles. The molecular weight excluding hydrogens is 376 g/mol. The van der Waals surface area contributed by atoms with Gasteiger partial charge in [-0.25, -0.2) is 8.42 Å². The number of hydrogen-bond acceptors (Lipinski definition) is 5. The van der Waals surface area contributed by atoms with Crippen molar-refractivity contribution in [3.05, 3.63) is 24.3 Å². The van der Waals surface area contributed by atoms with E-state index in [1.54, 1.807) is 28.6 Å². The molecule has 0 atom stereocenters. The highest BCUT2D eigenvalue weighted by molar-refractivity contribution is 7.89. The molecule has 1 aromatic rings. The molecule has 1 aliphatic heterocycles. The fraction of sp³-hybridized carbons (Fsp3) is 0.667. The first-order chi connectivity index (χ1) is 12.1. The maximum atomic E-state index is 12.8. The van der Waals surface area contributed by atoms with Crippen LogP contribution < -0.4 is 10.1 Å². The maximum Gasteiger partial charge on any atom is 0.243 e. The van der Waals surface area contributed by atoms with Crippen LogP contribution in [0.25, 0.3) is 0 Å². The zero-order valence-corrected chi connectivity index (χ0v) is 17.3. The van der Waals surface area contributed by atoms with Crippen molar-refractivity contribution in [1.82, 2.24) is 9.62 Å². The van der Waals surface area contributed by atoms with Crippen molar-refractivity contribution in [3.8, 4) is 5.75 Å². The Labute approximate surface area is 163 Å². The van der Waals surface area contributed by atoms with Crippen molar-refractivity contribution in [2.45, 2.75) is 31.6 Å². The highest BCUT2D eigenvalue weighted by atomic mass is 35.5. The standard InChI is InChI=1S/C18H30N2O4S.ClH/c1-3-19-15-16-9-11-20(12-10-16)25(21,22)18-7-5-17(6-8-18)24-14-13-23-4-2;/h5-8,16,19H,3-4,9-15H2,1-2H3;1H. The molecular formula is C18H31ClN2O4S. The first-order valence-corrected chi connectivity index (χ1v) is 10.5. The van der Waals surface area contributed by atoms with E-state index in [-0.39, 0.29) is 12.4 Å². The molecule has 1 fully saturated rings. The number of benzene rings is 1. The largest absolute Gasteiger partial charge is 0.491 e. The van der Waals surface area contributed by atoms with Crippen molar-refractivity contribution in [2.24, 2.45) is 5.92 Å². The summed E-state index contributed by atoms with van der Waals surface area (Å²) < 4.78 is 37.9. The summed E-state index contributed by atoms with van der Waals surface area (Å²) in [7, 11) is -3.42. The zero-order valence-electron chi connectivity index (χ0n) is 15.6. The molecule has 0 bridgehead atoms. The van der Waals surface area contributed by atoms with Crippen LogP contribution in [-0.2, 0) is 14.8 Å². The SMILES string of the molecule is CCNCC1CCN(S(=O)(=O)c2ccc(OCCOCC)cc2)CC1.Cl. The summed E-state index contributed by atoms with van der Waals surface area (Å²) in [6, 6.07) is 6.65. The van der Waals surface area contributed by atoms with Gasteiger partial charge in [0.1, 0.15) is 12.4 Å². The van der Waals surface area contributed by atoms with Crippen molar-refractivity contribution in [3.63, 3.8) is 0 Å². The van der Waals surface area contributed by atoms with Gasteiger partial charge in [0.05, 0.1) is 11.5 Å². The Kier molecular flexibility index (Phi) is 10.5. The van der Waals surface area contributed by atoms with Crippen molar-refractivity contribution in [1.29, 1.82) is 0 Å². The second-order valence-corrected chi connectivity index (χ2v) is 8.11. The number of nitrogens with zero attached hydrogens (tertiary/aromatic N) is 1. The number of sulfonamides is 1. The predicted molar refractivity (Wildman–Crippen MR) is 106 cm³/mol. The van der Waals surface area contributed by atoms with E-state index in [0.717, 1.165) is 25.9 Å². The Morgan fingerprint density at radius 1 is 1.12 bits per heavy atom. The number of ether oxygens (including phenoxy) is 2. The van der Waals surface area contributed by atoms with Gasteiger partial charge in [0.2, 0.25) is 10.0 Å². The van der Waals surface area contributed by atoms with E-state index in [9.17, 15) is 8.42 Å². The number of halogens is 1. The average Bonchev–Trinajstić information content (AvgIpc) is 2.64. The van der Waals surface area contributed by atoms with Crippen molar-refractivity contribution >= 4 is 22.4 Å². The first kappa shape index (κ1) is 23.2. The van der Waals surface area contributed by atoms with Crippen molar-refractivity contribution in [2.75, 3.05) is 46.0 Å². The van der Waals surface area contributed by atoms with Gasteiger partial charge in [-0.05, 0) is 63.0 Å². The lowest BCUT2D eigenvalue weighted by molar-refractivity contribution is 0.110. The minimum absolute atomic E-state index is 0. The van der Waals surface area contributed by atoms with E-state index in [4.69, 9.17) is 9.47 Å². The quantitative estimate of drug-likeness (QED) is 0.605. The van der Waals surface area contributed by atoms with Gasteiger partial charge in [-0.15, -0.1) is 12.4 Å². The topological polar surface area (TPSA) is 67.9 Å².